The van der Waals surface area contributed by atoms with E-state index in [1.165, 1.54) is 12.1 Å². The molecule has 0 saturated heterocycles. The van der Waals surface area contributed by atoms with Crippen molar-refractivity contribution in [2.24, 2.45) is 0 Å². The van der Waals surface area contributed by atoms with Crippen LogP contribution in [0.1, 0.15) is 11.1 Å². The zero-order valence-corrected chi connectivity index (χ0v) is 11.2. The molecular weight excluding hydrogens is 253 g/mol. The number of carbonyl (C=O) groups is 1. The molecule has 20 heavy (non-hydrogen) atoms. The Balaban J connectivity index is 1.68. The summed E-state index contributed by atoms with van der Waals surface area (Å²) >= 11 is 0. The number of halogens is 1. The monoisotopic (exact) mass is 269 g/mol. The first-order valence-electron chi connectivity index (χ1n) is 6.81. The highest BCUT2D eigenvalue weighted by Gasteiger charge is 2.21. The summed E-state index contributed by atoms with van der Waals surface area (Å²) in [5.74, 6) is -0.0838. The quantitative estimate of drug-likeness (QED) is 0.850. The Morgan fingerprint density at radius 2 is 1.95 bits per heavy atom. The Kier molecular flexibility index (Phi) is 3.50. The lowest BCUT2D eigenvalue weighted by atomic mass is 10.1. The maximum absolute atomic E-state index is 13.3. The summed E-state index contributed by atoms with van der Waals surface area (Å²) in [4.78, 5) is 14.1. The third-order valence-corrected chi connectivity index (χ3v) is 3.65. The van der Waals surface area contributed by atoms with Crippen LogP contribution in [0.5, 0.6) is 0 Å². The minimum atomic E-state index is -0.244. The number of hydrogen-bond acceptors (Lipinski definition) is 2. The fourth-order valence-electron chi connectivity index (χ4n) is 2.68. The van der Waals surface area contributed by atoms with E-state index in [4.69, 9.17) is 0 Å². The number of fused-ring (bicyclic) bond motifs is 1. The van der Waals surface area contributed by atoms with Gasteiger partial charge in [-0.15, -0.1) is 0 Å². The second kappa shape index (κ2) is 5.45. The SMILES string of the molecule is O=C(Cc1ccccc1)CN1CCc2ccc(F)cc21. The molecule has 2 aromatic carbocycles. The topological polar surface area (TPSA) is 20.3 Å². The van der Waals surface area contributed by atoms with E-state index in [-0.39, 0.29) is 11.6 Å². The predicted octanol–water partition coefficient (Wildman–Crippen LogP) is 3.00. The summed E-state index contributed by atoms with van der Waals surface area (Å²) < 4.78 is 13.3. The highest BCUT2D eigenvalue weighted by atomic mass is 19.1. The number of benzene rings is 2. The van der Waals surface area contributed by atoms with Gasteiger partial charge in [0.15, 0.2) is 5.78 Å². The van der Waals surface area contributed by atoms with Crippen LogP contribution in [0.3, 0.4) is 0 Å². The van der Waals surface area contributed by atoms with Crippen LogP contribution in [0.15, 0.2) is 48.5 Å². The summed E-state index contributed by atoms with van der Waals surface area (Å²) in [6.45, 7) is 1.14. The number of nitrogens with zero attached hydrogens (tertiary/aromatic N) is 1. The molecule has 0 aliphatic carbocycles. The molecule has 0 spiro atoms. The van der Waals surface area contributed by atoms with Crippen LogP contribution in [0, 0.1) is 5.82 Å². The van der Waals surface area contributed by atoms with Crippen molar-refractivity contribution in [3.63, 3.8) is 0 Å². The van der Waals surface area contributed by atoms with Gasteiger partial charge in [0.05, 0.1) is 6.54 Å². The zero-order chi connectivity index (χ0) is 13.9. The molecule has 0 fully saturated rings. The molecule has 2 nitrogen and oxygen atoms in total. The third-order valence-electron chi connectivity index (χ3n) is 3.65. The van der Waals surface area contributed by atoms with E-state index < -0.39 is 0 Å². The smallest absolute Gasteiger partial charge is 0.156 e. The van der Waals surface area contributed by atoms with Gasteiger partial charge in [-0.25, -0.2) is 4.39 Å². The number of anilines is 1. The van der Waals surface area contributed by atoms with Gasteiger partial charge in [0.2, 0.25) is 0 Å². The molecule has 0 aromatic heterocycles. The molecular formula is C17H16FNO. The Morgan fingerprint density at radius 1 is 1.15 bits per heavy atom. The van der Waals surface area contributed by atoms with Crippen molar-refractivity contribution in [1.82, 2.24) is 0 Å². The molecule has 3 heteroatoms. The molecule has 1 aliphatic rings. The molecule has 0 amide bonds. The van der Waals surface area contributed by atoms with Crippen LogP contribution >= 0.6 is 0 Å². The summed E-state index contributed by atoms with van der Waals surface area (Å²) in [6, 6.07) is 14.5. The molecule has 0 atom stereocenters. The van der Waals surface area contributed by atoms with Crippen LogP contribution in [0.4, 0.5) is 10.1 Å². The van der Waals surface area contributed by atoms with Gasteiger partial charge in [-0.1, -0.05) is 36.4 Å². The van der Waals surface area contributed by atoms with E-state index in [1.54, 1.807) is 0 Å². The average Bonchev–Trinajstić information content (AvgIpc) is 2.82. The van der Waals surface area contributed by atoms with Crippen molar-refractivity contribution >= 4 is 11.5 Å². The average molecular weight is 269 g/mol. The van der Waals surface area contributed by atoms with Gasteiger partial charge in [0, 0.05) is 18.7 Å². The summed E-state index contributed by atoms with van der Waals surface area (Å²) in [7, 11) is 0. The summed E-state index contributed by atoms with van der Waals surface area (Å²) in [5.41, 5.74) is 3.02. The second-order valence-electron chi connectivity index (χ2n) is 5.15. The Labute approximate surface area is 117 Å². The van der Waals surface area contributed by atoms with Gasteiger partial charge >= 0.3 is 0 Å². The molecule has 0 bridgehead atoms. The molecule has 1 aliphatic heterocycles. The molecule has 1 heterocycles. The zero-order valence-electron chi connectivity index (χ0n) is 11.2. The first-order chi connectivity index (χ1) is 9.72. The first-order valence-corrected chi connectivity index (χ1v) is 6.81. The van der Waals surface area contributed by atoms with E-state index in [0.29, 0.717) is 13.0 Å². The van der Waals surface area contributed by atoms with Crippen molar-refractivity contribution in [3.05, 3.63) is 65.5 Å². The number of carbonyl (C=O) groups excluding carboxylic acids is 1. The van der Waals surface area contributed by atoms with Crippen LogP contribution in [0.25, 0.3) is 0 Å². The number of hydrogen-bond donors (Lipinski definition) is 0. The van der Waals surface area contributed by atoms with E-state index in [1.807, 2.05) is 41.3 Å². The van der Waals surface area contributed by atoms with E-state index >= 15 is 0 Å². The minimum Gasteiger partial charge on any atom is -0.364 e. The van der Waals surface area contributed by atoms with Gasteiger partial charge in [0.25, 0.3) is 0 Å². The van der Waals surface area contributed by atoms with Gasteiger partial charge < -0.3 is 4.90 Å². The normalized spacial score (nSPS) is 13.3. The van der Waals surface area contributed by atoms with E-state index in [2.05, 4.69) is 0 Å². The van der Waals surface area contributed by atoms with Gasteiger partial charge in [-0.2, -0.15) is 0 Å². The summed E-state index contributed by atoms with van der Waals surface area (Å²) in [5, 5.41) is 0. The number of ketones is 1. The van der Waals surface area contributed by atoms with Crippen LogP contribution in [-0.2, 0) is 17.6 Å². The molecule has 102 valence electrons. The van der Waals surface area contributed by atoms with E-state index in [0.717, 1.165) is 29.8 Å². The minimum absolute atomic E-state index is 0.160. The largest absolute Gasteiger partial charge is 0.364 e. The molecule has 0 N–H and O–H groups in total. The van der Waals surface area contributed by atoms with Crippen LogP contribution in [0.2, 0.25) is 0 Å². The first kappa shape index (κ1) is 12.9. The van der Waals surface area contributed by atoms with Crippen molar-refractivity contribution < 1.29 is 9.18 Å². The second-order valence-corrected chi connectivity index (χ2v) is 5.15. The Morgan fingerprint density at radius 3 is 2.75 bits per heavy atom. The van der Waals surface area contributed by atoms with Crippen molar-refractivity contribution in [2.75, 3.05) is 18.0 Å². The predicted molar refractivity (Wildman–Crippen MR) is 77.5 cm³/mol. The highest BCUT2D eigenvalue weighted by Crippen LogP contribution is 2.28. The highest BCUT2D eigenvalue weighted by molar-refractivity contribution is 5.86. The third kappa shape index (κ3) is 2.72. The lowest BCUT2D eigenvalue weighted by Gasteiger charge is -2.18. The molecule has 0 unspecified atom stereocenters. The summed E-state index contributed by atoms with van der Waals surface area (Å²) in [6.07, 6.45) is 1.32. The fraction of sp³-hybridized carbons (Fsp3) is 0.235. The maximum Gasteiger partial charge on any atom is 0.156 e. The Hall–Kier alpha value is -2.16. The van der Waals surface area contributed by atoms with Crippen molar-refractivity contribution in [3.8, 4) is 0 Å². The number of Topliss-reactive ketones (excluding diaryl/α,β-unsaturated/α-hetero) is 1. The Bertz CT molecular complexity index is 624. The lowest BCUT2D eigenvalue weighted by molar-refractivity contribution is -0.117. The number of rotatable bonds is 4. The van der Waals surface area contributed by atoms with Crippen LogP contribution in [-0.4, -0.2) is 18.9 Å². The standard InChI is InChI=1S/C17H16FNO/c18-15-7-6-14-8-9-19(17(14)11-15)12-16(20)10-13-4-2-1-3-5-13/h1-7,11H,8-10,12H2. The lowest BCUT2D eigenvalue weighted by Crippen LogP contribution is -2.29. The van der Waals surface area contributed by atoms with Crippen molar-refractivity contribution in [2.45, 2.75) is 12.8 Å². The van der Waals surface area contributed by atoms with Gasteiger partial charge in [-0.3, -0.25) is 4.79 Å². The fourth-order valence-corrected chi connectivity index (χ4v) is 2.68. The molecule has 0 radical (unpaired) electrons. The van der Waals surface area contributed by atoms with Gasteiger partial charge in [0.1, 0.15) is 5.82 Å². The molecule has 2 aromatic rings. The molecule has 0 saturated carbocycles. The van der Waals surface area contributed by atoms with Crippen molar-refractivity contribution in [1.29, 1.82) is 0 Å². The van der Waals surface area contributed by atoms with Crippen LogP contribution < -0.4 is 4.90 Å². The van der Waals surface area contributed by atoms with Gasteiger partial charge in [-0.05, 0) is 29.7 Å². The molecule has 3 rings (SSSR count). The van der Waals surface area contributed by atoms with E-state index in [9.17, 15) is 9.18 Å². The maximum atomic E-state index is 13.3.